The SMILES string of the molecule is CCCNS(=O)(=O)Nc1ccc(F)c(C#CCO)c1. The molecular weight excluding hydrogens is 271 g/mol. The summed E-state index contributed by atoms with van der Waals surface area (Å²) in [5.74, 6) is 4.13. The molecule has 0 unspecified atom stereocenters. The van der Waals surface area contributed by atoms with Gasteiger partial charge in [0.05, 0.1) is 11.3 Å². The molecule has 7 heteroatoms. The summed E-state index contributed by atoms with van der Waals surface area (Å²) < 4.78 is 41.1. The molecule has 1 aromatic carbocycles. The van der Waals surface area contributed by atoms with Crippen molar-refractivity contribution in [2.75, 3.05) is 17.9 Å². The molecule has 0 amide bonds. The average molecular weight is 286 g/mol. The maximum atomic E-state index is 13.4. The lowest BCUT2D eigenvalue weighted by Crippen LogP contribution is -2.30. The molecule has 0 saturated carbocycles. The van der Waals surface area contributed by atoms with Crippen molar-refractivity contribution in [2.24, 2.45) is 0 Å². The Labute approximate surface area is 112 Å². The summed E-state index contributed by atoms with van der Waals surface area (Å²) in [7, 11) is -3.67. The number of halogens is 1. The van der Waals surface area contributed by atoms with Gasteiger partial charge in [0.15, 0.2) is 0 Å². The molecular formula is C12H15FN2O3S. The van der Waals surface area contributed by atoms with E-state index in [-0.39, 0.29) is 11.3 Å². The Morgan fingerprint density at radius 1 is 1.42 bits per heavy atom. The second-order valence-electron chi connectivity index (χ2n) is 3.65. The third kappa shape index (κ3) is 5.26. The van der Waals surface area contributed by atoms with Crippen molar-refractivity contribution in [3.8, 4) is 11.8 Å². The molecule has 0 aromatic heterocycles. The largest absolute Gasteiger partial charge is 0.384 e. The first-order valence-electron chi connectivity index (χ1n) is 5.65. The number of hydrogen-bond acceptors (Lipinski definition) is 3. The van der Waals surface area contributed by atoms with E-state index in [1.807, 2.05) is 6.92 Å². The van der Waals surface area contributed by atoms with Gasteiger partial charge in [-0.25, -0.2) is 4.39 Å². The maximum Gasteiger partial charge on any atom is 0.299 e. The summed E-state index contributed by atoms with van der Waals surface area (Å²) in [4.78, 5) is 0. The molecule has 0 radical (unpaired) electrons. The number of anilines is 1. The minimum Gasteiger partial charge on any atom is -0.384 e. The van der Waals surface area contributed by atoms with Crippen LogP contribution in [0.25, 0.3) is 0 Å². The van der Waals surface area contributed by atoms with E-state index in [2.05, 4.69) is 21.3 Å². The van der Waals surface area contributed by atoms with Crippen molar-refractivity contribution in [2.45, 2.75) is 13.3 Å². The molecule has 0 atom stereocenters. The summed E-state index contributed by atoms with van der Waals surface area (Å²) in [5, 5.41) is 8.55. The molecule has 0 fully saturated rings. The van der Waals surface area contributed by atoms with Crippen LogP contribution in [0.3, 0.4) is 0 Å². The summed E-state index contributed by atoms with van der Waals surface area (Å²) >= 11 is 0. The van der Waals surface area contributed by atoms with Gasteiger partial charge in [0.1, 0.15) is 12.4 Å². The van der Waals surface area contributed by atoms with E-state index in [4.69, 9.17) is 5.11 Å². The van der Waals surface area contributed by atoms with Gasteiger partial charge >= 0.3 is 0 Å². The van der Waals surface area contributed by atoms with Gasteiger partial charge < -0.3 is 5.11 Å². The molecule has 3 N–H and O–H groups in total. The smallest absolute Gasteiger partial charge is 0.299 e. The molecule has 0 spiro atoms. The van der Waals surface area contributed by atoms with Crippen molar-refractivity contribution in [1.82, 2.24) is 4.72 Å². The summed E-state index contributed by atoms with van der Waals surface area (Å²) in [6, 6.07) is 3.67. The lowest BCUT2D eigenvalue weighted by Gasteiger charge is -2.09. The van der Waals surface area contributed by atoms with Crippen LogP contribution in [-0.4, -0.2) is 26.7 Å². The fourth-order valence-corrected chi connectivity index (χ4v) is 2.23. The van der Waals surface area contributed by atoms with E-state index < -0.39 is 22.6 Å². The van der Waals surface area contributed by atoms with Gasteiger partial charge in [0.25, 0.3) is 10.2 Å². The highest BCUT2D eigenvalue weighted by molar-refractivity contribution is 7.90. The van der Waals surface area contributed by atoms with Crippen LogP contribution in [0.15, 0.2) is 18.2 Å². The predicted octanol–water partition coefficient (Wildman–Crippen LogP) is 0.826. The van der Waals surface area contributed by atoms with Gasteiger partial charge in [-0.15, -0.1) is 0 Å². The third-order valence-corrected chi connectivity index (χ3v) is 3.15. The number of aliphatic hydroxyl groups is 1. The molecule has 0 aliphatic carbocycles. The molecule has 0 aliphatic heterocycles. The zero-order chi connectivity index (χ0) is 14.3. The second-order valence-corrected chi connectivity index (χ2v) is 5.15. The Morgan fingerprint density at radius 2 is 2.16 bits per heavy atom. The Morgan fingerprint density at radius 3 is 2.79 bits per heavy atom. The van der Waals surface area contributed by atoms with Crippen molar-refractivity contribution < 1.29 is 17.9 Å². The zero-order valence-electron chi connectivity index (χ0n) is 10.4. The van der Waals surface area contributed by atoms with Crippen LogP contribution in [0.1, 0.15) is 18.9 Å². The predicted molar refractivity (Wildman–Crippen MR) is 71.2 cm³/mol. The topological polar surface area (TPSA) is 78.4 Å². The molecule has 0 bridgehead atoms. The Hall–Kier alpha value is -1.62. The molecule has 104 valence electrons. The number of nitrogens with one attached hydrogen (secondary N) is 2. The van der Waals surface area contributed by atoms with E-state index >= 15 is 0 Å². The Kier molecular flexibility index (Phi) is 5.76. The van der Waals surface area contributed by atoms with Crippen LogP contribution in [-0.2, 0) is 10.2 Å². The highest BCUT2D eigenvalue weighted by atomic mass is 32.2. The monoisotopic (exact) mass is 286 g/mol. The molecule has 0 saturated heterocycles. The van der Waals surface area contributed by atoms with Gasteiger partial charge in [-0.2, -0.15) is 13.1 Å². The average Bonchev–Trinajstić information content (AvgIpc) is 2.37. The van der Waals surface area contributed by atoms with Crippen molar-refractivity contribution >= 4 is 15.9 Å². The van der Waals surface area contributed by atoms with Crippen molar-refractivity contribution in [3.63, 3.8) is 0 Å². The first kappa shape index (κ1) is 15.4. The molecule has 5 nitrogen and oxygen atoms in total. The van der Waals surface area contributed by atoms with Crippen LogP contribution in [0, 0.1) is 17.7 Å². The maximum absolute atomic E-state index is 13.4. The molecule has 0 aliphatic rings. The minimum atomic E-state index is -3.67. The van der Waals surface area contributed by atoms with Crippen LogP contribution in [0.4, 0.5) is 10.1 Å². The highest BCUT2D eigenvalue weighted by Gasteiger charge is 2.09. The van der Waals surface area contributed by atoms with Gasteiger partial charge in [-0.3, -0.25) is 4.72 Å². The van der Waals surface area contributed by atoms with E-state index in [1.165, 1.54) is 12.1 Å². The lowest BCUT2D eigenvalue weighted by atomic mass is 10.2. The molecule has 1 rings (SSSR count). The first-order valence-corrected chi connectivity index (χ1v) is 7.13. The van der Waals surface area contributed by atoms with Crippen LogP contribution < -0.4 is 9.44 Å². The number of benzene rings is 1. The Bertz CT molecular complexity index is 591. The summed E-state index contributed by atoms with van der Waals surface area (Å²) in [6.45, 7) is 1.75. The van der Waals surface area contributed by atoms with Crippen molar-refractivity contribution in [3.05, 3.63) is 29.6 Å². The van der Waals surface area contributed by atoms with E-state index in [9.17, 15) is 12.8 Å². The van der Waals surface area contributed by atoms with Gasteiger partial charge in [-0.05, 0) is 24.6 Å². The summed E-state index contributed by atoms with van der Waals surface area (Å²) in [5.41, 5.74) is 0.219. The second kappa shape index (κ2) is 7.09. The standard InChI is InChI=1S/C12H15FN2O3S/c1-2-7-14-19(17,18)15-11-5-6-12(13)10(9-11)4-3-8-16/h5-6,9,14-16H,2,7-8H2,1H3. The molecule has 19 heavy (non-hydrogen) atoms. The highest BCUT2D eigenvalue weighted by Crippen LogP contribution is 2.14. The fourth-order valence-electron chi connectivity index (χ4n) is 1.25. The zero-order valence-corrected chi connectivity index (χ0v) is 11.2. The Balaban J connectivity index is 2.91. The van der Waals surface area contributed by atoms with Gasteiger partial charge in [0, 0.05) is 6.54 Å². The van der Waals surface area contributed by atoms with Gasteiger partial charge in [0.2, 0.25) is 0 Å². The number of hydrogen-bond donors (Lipinski definition) is 3. The fraction of sp³-hybridized carbons (Fsp3) is 0.333. The van der Waals surface area contributed by atoms with Crippen LogP contribution >= 0.6 is 0 Å². The van der Waals surface area contributed by atoms with Crippen LogP contribution in [0.5, 0.6) is 0 Å². The van der Waals surface area contributed by atoms with Crippen LogP contribution in [0.2, 0.25) is 0 Å². The minimum absolute atomic E-state index is 0.0183. The normalized spacial score (nSPS) is 10.7. The molecule has 0 heterocycles. The van der Waals surface area contributed by atoms with E-state index in [1.54, 1.807) is 0 Å². The number of rotatable bonds is 5. The summed E-state index contributed by atoms with van der Waals surface area (Å²) in [6.07, 6.45) is 0.664. The van der Waals surface area contributed by atoms with E-state index in [0.717, 1.165) is 6.07 Å². The van der Waals surface area contributed by atoms with Gasteiger partial charge in [-0.1, -0.05) is 18.8 Å². The molecule has 1 aromatic rings. The number of aliphatic hydroxyl groups excluding tert-OH is 1. The quantitative estimate of drug-likeness (QED) is 0.701. The third-order valence-electron chi connectivity index (χ3n) is 2.06. The van der Waals surface area contributed by atoms with E-state index in [0.29, 0.717) is 13.0 Å². The lowest BCUT2D eigenvalue weighted by molar-refractivity contribution is 0.350. The first-order chi connectivity index (χ1) is 8.98. The van der Waals surface area contributed by atoms with Crippen molar-refractivity contribution in [1.29, 1.82) is 0 Å².